The summed E-state index contributed by atoms with van der Waals surface area (Å²) < 4.78 is 1.99. The van der Waals surface area contributed by atoms with Crippen LogP contribution in [0.25, 0.3) is 17.0 Å². The Morgan fingerprint density at radius 3 is 2.65 bits per heavy atom. The van der Waals surface area contributed by atoms with E-state index in [2.05, 4.69) is 17.4 Å². The zero-order chi connectivity index (χ0) is 18.4. The molecule has 1 heterocycles. The first-order chi connectivity index (χ1) is 12.7. The monoisotopic (exact) mass is 343 g/mol. The zero-order valence-corrected chi connectivity index (χ0v) is 14.8. The summed E-state index contributed by atoms with van der Waals surface area (Å²) >= 11 is 0. The minimum absolute atomic E-state index is 0.126. The van der Waals surface area contributed by atoms with E-state index in [4.69, 9.17) is 0 Å². The number of aryl methyl sites for hydroxylation is 2. The Hall–Kier alpha value is -3.32. The molecule has 0 aliphatic heterocycles. The van der Waals surface area contributed by atoms with Crippen molar-refractivity contribution < 1.29 is 4.79 Å². The van der Waals surface area contributed by atoms with Crippen LogP contribution in [-0.4, -0.2) is 17.0 Å². The van der Waals surface area contributed by atoms with Crippen molar-refractivity contribution in [2.24, 2.45) is 7.05 Å². The minimum atomic E-state index is -0.325. The number of hydrogen-bond donors (Lipinski definition) is 1. The van der Waals surface area contributed by atoms with E-state index in [9.17, 15) is 10.1 Å². The van der Waals surface area contributed by atoms with E-state index < -0.39 is 0 Å². The van der Waals surface area contributed by atoms with Crippen LogP contribution in [0.5, 0.6) is 0 Å². The molecule has 0 saturated carbocycles. The van der Waals surface area contributed by atoms with Crippen LogP contribution in [0.1, 0.15) is 17.5 Å². The van der Waals surface area contributed by atoms with E-state index in [1.165, 1.54) is 5.56 Å². The molecule has 0 radical (unpaired) electrons. The van der Waals surface area contributed by atoms with Crippen LogP contribution < -0.4 is 5.32 Å². The SMILES string of the molecule is Cn1cc(/C=C(/C#N)C(=O)NCCCc2ccccc2)c2ccccc21. The quantitative estimate of drug-likeness (QED) is 0.420. The number of carbonyl (C=O) groups is 1. The number of nitrogens with one attached hydrogen (secondary N) is 1. The second-order valence-electron chi connectivity index (χ2n) is 6.23. The van der Waals surface area contributed by atoms with Gasteiger partial charge in [-0.1, -0.05) is 48.5 Å². The van der Waals surface area contributed by atoms with Crippen molar-refractivity contribution in [3.8, 4) is 6.07 Å². The first kappa shape index (κ1) is 17.5. The van der Waals surface area contributed by atoms with Crippen LogP contribution in [-0.2, 0) is 18.3 Å². The van der Waals surface area contributed by atoms with Crippen molar-refractivity contribution in [1.29, 1.82) is 5.26 Å². The van der Waals surface area contributed by atoms with Crippen molar-refractivity contribution in [3.63, 3.8) is 0 Å². The van der Waals surface area contributed by atoms with E-state index in [0.29, 0.717) is 6.54 Å². The summed E-state index contributed by atoms with van der Waals surface area (Å²) in [5, 5.41) is 13.3. The molecule has 4 heteroatoms. The van der Waals surface area contributed by atoms with Gasteiger partial charge in [0.25, 0.3) is 5.91 Å². The molecule has 2 aromatic carbocycles. The largest absolute Gasteiger partial charge is 0.351 e. The van der Waals surface area contributed by atoms with Gasteiger partial charge in [0.1, 0.15) is 11.6 Å². The average Bonchev–Trinajstić information content (AvgIpc) is 3.00. The van der Waals surface area contributed by atoms with E-state index in [0.717, 1.165) is 29.3 Å². The van der Waals surface area contributed by atoms with Gasteiger partial charge in [0.15, 0.2) is 0 Å². The average molecular weight is 343 g/mol. The maximum Gasteiger partial charge on any atom is 0.261 e. The van der Waals surface area contributed by atoms with Crippen molar-refractivity contribution in [3.05, 3.63) is 77.5 Å². The first-order valence-electron chi connectivity index (χ1n) is 8.67. The molecule has 3 aromatic rings. The maximum atomic E-state index is 12.3. The molecule has 26 heavy (non-hydrogen) atoms. The number of hydrogen-bond acceptors (Lipinski definition) is 2. The van der Waals surface area contributed by atoms with Gasteiger partial charge in [-0.2, -0.15) is 5.26 Å². The van der Waals surface area contributed by atoms with Gasteiger partial charge < -0.3 is 9.88 Å². The number of carbonyl (C=O) groups excluding carboxylic acids is 1. The second-order valence-corrected chi connectivity index (χ2v) is 6.23. The lowest BCUT2D eigenvalue weighted by molar-refractivity contribution is -0.117. The van der Waals surface area contributed by atoms with Gasteiger partial charge in [0.05, 0.1) is 0 Å². The van der Waals surface area contributed by atoms with Crippen molar-refractivity contribution in [2.75, 3.05) is 6.54 Å². The fourth-order valence-electron chi connectivity index (χ4n) is 3.03. The summed E-state index contributed by atoms with van der Waals surface area (Å²) in [7, 11) is 1.95. The highest BCUT2D eigenvalue weighted by atomic mass is 16.1. The lowest BCUT2D eigenvalue weighted by Crippen LogP contribution is -2.25. The predicted octanol–water partition coefficient (Wildman–Crippen LogP) is 3.83. The van der Waals surface area contributed by atoms with Crippen molar-refractivity contribution in [2.45, 2.75) is 12.8 Å². The number of nitrogens with zero attached hydrogens (tertiary/aromatic N) is 2. The standard InChI is InChI=1S/C22H21N3O/c1-25-16-19(20-11-5-6-12-21(20)25)14-18(15-23)22(26)24-13-7-10-17-8-3-2-4-9-17/h2-6,8-9,11-12,14,16H,7,10,13H2,1H3,(H,24,26)/b18-14-. The van der Waals surface area contributed by atoms with Crippen molar-refractivity contribution in [1.82, 2.24) is 9.88 Å². The number of para-hydroxylation sites is 1. The zero-order valence-electron chi connectivity index (χ0n) is 14.8. The van der Waals surface area contributed by atoms with E-state index >= 15 is 0 Å². The highest BCUT2D eigenvalue weighted by Crippen LogP contribution is 2.22. The Morgan fingerprint density at radius 1 is 1.15 bits per heavy atom. The molecule has 0 aliphatic rings. The highest BCUT2D eigenvalue weighted by Gasteiger charge is 2.11. The normalized spacial score (nSPS) is 11.3. The molecule has 0 bridgehead atoms. The second kappa shape index (κ2) is 8.17. The third-order valence-corrected chi connectivity index (χ3v) is 4.36. The molecular weight excluding hydrogens is 322 g/mol. The molecule has 0 unspecified atom stereocenters. The molecule has 1 amide bonds. The van der Waals surface area contributed by atoms with Gasteiger partial charge in [0.2, 0.25) is 0 Å². The van der Waals surface area contributed by atoms with Gasteiger partial charge >= 0.3 is 0 Å². The summed E-state index contributed by atoms with van der Waals surface area (Å²) in [5.74, 6) is -0.325. The smallest absolute Gasteiger partial charge is 0.261 e. The third kappa shape index (κ3) is 4.01. The number of rotatable bonds is 6. The van der Waals surface area contributed by atoms with E-state index in [1.807, 2.05) is 66.3 Å². The minimum Gasteiger partial charge on any atom is -0.351 e. The van der Waals surface area contributed by atoms with Gasteiger partial charge in [-0.05, 0) is 30.5 Å². The molecule has 4 nitrogen and oxygen atoms in total. The van der Waals surface area contributed by atoms with Gasteiger partial charge in [-0.15, -0.1) is 0 Å². The topological polar surface area (TPSA) is 57.8 Å². The Morgan fingerprint density at radius 2 is 1.88 bits per heavy atom. The molecular formula is C22H21N3O. The molecule has 0 aliphatic carbocycles. The number of aromatic nitrogens is 1. The fourth-order valence-corrected chi connectivity index (χ4v) is 3.03. The molecule has 0 atom stereocenters. The summed E-state index contributed by atoms with van der Waals surface area (Å²) in [5.41, 5.74) is 3.31. The number of fused-ring (bicyclic) bond motifs is 1. The third-order valence-electron chi connectivity index (χ3n) is 4.36. The van der Waals surface area contributed by atoms with Crippen molar-refractivity contribution >= 4 is 22.9 Å². The number of nitriles is 1. The Balaban J connectivity index is 1.65. The summed E-state index contributed by atoms with van der Waals surface area (Å²) in [6, 6.07) is 20.1. The molecule has 1 N–H and O–H groups in total. The maximum absolute atomic E-state index is 12.3. The van der Waals surface area contributed by atoms with Gasteiger partial charge in [-0.3, -0.25) is 4.79 Å². The van der Waals surface area contributed by atoms with Crippen LogP contribution in [0.15, 0.2) is 66.4 Å². The van der Waals surface area contributed by atoms with Crippen LogP contribution in [0.4, 0.5) is 0 Å². The molecule has 1 aromatic heterocycles. The lowest BCUT2D eigenvalue weighted by atomic mass is 10.1. The number of amides is 1. The van der Waals surface area contributed by atoms with Gasteiger partial charge in [-0.25, -0.2) is 0 Å². The predicted molar refractivity (Wildman–Crippen MR) is 104 cm³/mol. The van der Waals surface area contributed by atoms with Crippen LogP contribution in [0, 0.1) is 11.3 Å². The van der Waals surface area contributed by atoms with Crippen LogP contribution >= 0.6 is 0 Å². The molecule has 0 spiro atoms. The summed E-state index contributed by atoms with van der Waals surface area (Å²) in [6.07, 6.45) is 5.33. The number of benzene rings is 2. The molecule has 0 saturated heterocycles. The van der Waals surface area contributed by atoms with Gasteiger partial charge in [0, 0.05) is 36.3 Å². The van der Waals surface area contributed by atoms with E-state index in [1.54, 1.807) is 6.08 Å². The summed E-state index contributed by atoms with van der Waals surface area (Å²) in [6.45, 7) is 0.544. The Labute approximate surface area is 153 Å². The Kier molecular flexibility index (Phi) is 5.50. The molecule has 130 valence electrons. The summed E-state index contributed by atoms with van der Waals surface area (Å²) in [4.78, 5) is 12.3. The Bertz CT molecular complexity index is 978. The van der Waals surface area contributed by atoms with Crippen LogP contribution in [0.3, 0.4) is 0 Å². The fraction of sp³-hybridized carbons (Fsp3) is 0.182. The lowest BCUT2D eigenvalue weighted by Gasteiger charge is -2.04. The first-order valence-corrected chi connectivity index (χ1v) is 8.67. The highest BCUT2D eigenvalue weighted by molar-refractivity contribution is 6.04. The molecule has 3 rings (SSSR count). The van der Waals surface area contributed by atoms with Crippen LogP contribution in [0.2, 0.25) is 0 Å². The molecule has 0 fully saturated rings. The van der Waals surface area contributed by atoms with E-state index in [-0.39, 0.29) is 11.5 Å².